The Labute approximate surface area is 195 Å². The molecular weight excluding hydrogens is 444 g/mol. The van der Waals surface area contributed by atoms with Crippen LogP contribution in [0.1, 0.15) is 24.1 Å². The van der Waals surface area contributed by atoms with Crippen LogP contribution in [0.2, 0.25) is 0 Å². The van der Waals surface area contributed by atoms with Gasteiger partial charge in [0.05, 0.1) is 18.9 Å². The Kier molecular flexibility index (Phi) is 8.19. The van der Waals surface area contributed by atoms with Gasteiger partial charge in [-0.25, -0.2) is 9.78 Å². The van der Waals surface area contributed by atoms with E-state index in [2.05, 4.69) is 20.6 Å². The quantitative estimate of drug-likeness (QED) is 0.251. The van der Waals surface area contributed by atoms with Crippen molar-refractivity contribution in [2.24, 2.45) is 5.73 Å². The topological polar surface area (TPSA) is 191 Å². The minimum atomic E-state index is -1.20. The van der Waals surface area contributed by atoms with E-state index in [4.69, 9.17) is 5.73 Å². The molecule has 1 aliphatic rings. The van der Waals surface area contributed by atoms with Crippen molar-refractivity contribution in [3.05, 3.63) is 48.0 Å². The molecule has 3 atom stereocenters. The number of nitrogens with zero attached hydrogens (tertiary/aromatic N) is 2. The van der Waals surface area contributed by atoms with Gasteiger partial charge in [0.1, 0.15) is 17.8 Å². The van der Waals surface area contributed by atoms with Crippen molar-refractivity contribution in [3.8, 4) is 5.75 Å². The Bertz CT molecular complexity index is 1010. The van der Waals surface area contributed by atoms with Crippen LogP contribution < -0.4 is 16.4 Å². The number of aliphatic carboxylic acids is 1. The highest BCUT2D eigenvalue weighted by atomic mass is 16.4. The molecule has 3 rings (SSSR count). The molecule has 12 heteroatoms. The van der Waals surface area contributed by atoms with Gasteiger partial charge < -0.3 is 36.5 Å². The summed E-state index contributed by atoms with van der Waals surface area (Å²) in [6.07, 6.45) is 4.11. The van der Waals surface area contributed by atoms with Crippen molar-refractivity contribution in [2.75, 3.05) is 13.1 Å². The third kappa shape index (κ3) is 6.54. The number of likely N-dealkylation sites (tertiary alicyclic amines) is 1. The molecule has 2 aromatic rings. The number of amides is 3. The fourth-order valence-corrected chi connectivity index (χ4v) is 3.80. The zero-order valence-corrected chi connectivity index (χ0v) is 18.4. The second-order valence-electron chi connectivity index (χ2n) is 8.12. The predicted molar refractivity (Wildman–Crippen MR) is 119 cm³/mol. The average Bonchev–Trinajstić information content (AvgIpc) is 3.50. The van der Waals surface area contributed by atoms with Crippen LogP contribution in [0.25, 0.3) is 0 Å². The number of hydrogen-bond acceptors (Lipinski definition) is 7. The molecule has 0 bridgehead atoms. The van der Waals surface area contributed by atoms with Crippen LogP contribution >= 0.6 is 0 Å². The number of phenols is 1. The third-order valence-corrected chi connectivity index (χ3v) is 5.61. The first-order valence-corrected chi connectivity index (χ1v) is 10.9. The SMILES string of the molecule is NC(Cc1ccc(O)cc1)C(=O)NCC(=O)N1CCCC1C(=O)NC(Cc1cnc[nH]1)C(=O)O. The van der Waals surface area contributed by atoms with Crippen LogP contribution in [0.3, 0.4) is 0 Å². The largest absolute Gasteiger partial charge is 0.508 e. The van der Waals surface area contributed by atoms with Gasteiger partial charge in [-0.1, -0.05) is 12.1 Å². The van der Waals surface area contributed by atoms with E-state index in [9.17, 15) is 29.4 Å². The number of carboxylic acid groups (broad SMARTS) is 1. The number of H-pyrrole nitrogens is 1. The van der Waals surface area contributed by atoms with Crippen LogP contribution in [0, 0.1) is 0 Å². The maximum absolute atomic E-state index is 12.8. The number of aromatic nitrogens is 2. The lowest BCUT2D eigenvalue weighted by Crippen LogP contribution is -2.53. The minimum absolute atomic E-state index is 0.0245. The number of nitrogens with two attached hydrogens (primary N) is 1. The Balaban J connectivity index is 1.51. The molecule has 1 aromatic carbocycles. The van der Waals surface area contributed by atoms with E-state index in [0.29, 0.717) is 25.1 Å². The van der Waals surface area contributed by atoms with Gasteiger partial charge in [0.25, 0.3) is 0 Å². The number of benzene rings is 1. The van der Waals surface area contributed by atoms with Gasteiger partial charge in [0.2, 0.25) is 17.7 Å². The van der Waals surface area contributed by atoms with Crippen LogP contribution in [0.15, 0.2) is 36.8 Å². The molecule has 0 radical (unpaired) electrons. The Morgan fingerprint density at radius 2 is 1.94 bits per heavy atom. The molecule has 3 unspecified atom stereocenters. The first-order valence-electron chi connectivity index (χ1n) is 10.9. The number of rotatable bonds is 10. The monoisotopic (exact) mass is 472 g/mol. The molecule has 0 aliphatic carbocycles. The molecule has 3 amide bonds. The normalized spacial score (nSPS) is 17.1. The molecule has 1 saturated heterocycles. The first kappa shape index (κ1) is 24.7. The maximum Gasteiger partial charge on any atom is 0.326 e. The van der Waals surface area contributed by atoms with Gasteiger partial charge in [-0.2, -0.15) is 0 Å². The number of nitrogens with one attached hydrogen (secondary N) is 3. The summed E-state index contributed by atoms with van der Waals surface area (Å²) in [4.78, 5) is 57.3. The van der Waals surface area contributed by atoms with Crippen LogP contribution in [0.5, 0.6) is 5.75 Å². The number of imidazole rings is 1. The molecule has 1 aliphatic heterocycles. The number of aromatic amines is 1. The number of carboxylic acids is 1. The minimum Gasteiger partial charge on any atom is -0.508 e. The van der Waals surface area contributed by atoms with E-state index in [1.165, 1.54) is 29.6 Å². The maximum atomic E-state index is 12.8. The lowest BCUT2D eigenvalue weighted by atomic mass is 10.1. The zero-order chi connectivity index (χ0) is 24.7. The van der Waals surface area contributed by atoms with Gasteiger partial charge in [0, 0.05) is 24.9 Å². The molecule has 0 saturated carbocycles. The summed E-state index contributed by atoms with van der Waals surface area (Å²) >= 11 is 0. The van der Waals surface area contributed by atoms with Crippen LogP contribution in [-0.4, -0.2) is 80.0 Å². The third-order valence-electron chi connectivity index (χ3n) is 5.61. The van der Waals surface area contributed by atoms with Crippen molar-refractivity contribution in [1.82, 2.24) is 25.5 Å². The summed E-state index contributed by atoms with van der Waals surface area (Å²) in [7, 11) is 0. The average molecular weight is 473 g/mol. The molecule has 1 aromatic heterocycles. The van der Waals surface area contributed by atoms with Gasteiger partial charge in [-0.3, -0.25) is 14.4 Å². The zero-order valence-electron chi connectivity index (χ0n) is 18.4. The number of carbonyl (C=O) groups is 4. The molecule has 182 valence electrons. The summed E-state index contributed by atoms with van der Waals surface area (Å²) < 4.78 is 0. The highest BCUT2D eigenvalue weighted by molar-refractivity contribution is 5.93. The number of phenolic OH excluding ortho intramolecular Hbond substituents is 1. The molecule has 7 N–H and O–H groups in total. The van der Waals surface area contributed by atoms with Crippen molar-refractivity contribution in [1.29, 1.82) is 0 Å². The summed E-state index contributed by atoms with van der Waals surface area (Å²) in [6.45, 7) is -0.00691. The van der Waals surface area contributed by atoms with Crippen molar-refractivity contribution >= 4 is 23.7 Å². The molecule has 2 heterocycles. The summed E-state index contributed by atoms with van der Waals surface area (Å²) in [6, 6.07) is 3.39. The Morgan fingerprint density at radius 1 is 1.21 bits per heavy atom. The molecular formula is C22H28N6O6. The van der Waals surface area contributed by atoms with E-state index < -0.39 is 41.8 Å². The summed E-state index contributed by atoms with van der Waals surface area (Å²) in [5, 5.41) is 23.8. The highest BCUT2D eigenvalue weighted by Gasteiger charge is 2.36. The van der Waals surface area contributed by atoms with E-state index in [1.807, 2.05) is 0 Å². The van der Waals surface area contributed by atoms with Crippen molar-refractivity contribution in [3.63, 3.8) is 0 Å². The lowest BCUT2D eigenvalue weighted by Gasteiger charge is -2.26. The highest BCUT2D eigenvalue weighted by Crippen LogP contribution is 2.18. The van der Waals surface area contributed by atoms with Gasteiger partial charge in [-0.15, -0.1) is 0 Å². The Hall–Kier alpha value is -3.93. The van der Waals surface area contributed by atoms with Gasteiger partial charge in [-0.05, 0) is 37.0 Å². The molecule has 34 heavy (non-hydrogen) atoms. The molecule has 1 fully saturated rings. The number of carbonyl (C=O) groups excluding carboxylic acids is 3. The fourth-order valence-electron chi connectivity index (χ4n) is 3.80. The van der Waals surface area contributed by atoms with E-state index in [1.54, 1.807) is 12.1 Å². The standard InChI is InChI=1S/C22H28N6O6/c23-16(8-13-3-5-15(29)6-4-13)20(31)25-11-19(30)28-7-1-2-18(28)21(32)27-17(22(33)34)9-14-10-24-12-26-14/h3-6,10,12,16-18,29H,1-2,7-9,11,23H2,(H,24,26)(H,25,31)(H,27,32)(H,33,34). The number of hydrogen-bond donors (Lipinski definition) is 6. The second kappa shape index (κ2) is 11.3. The fraction of sp³-hybridized carbons (Fsp3) is 0.409. The predicted octanol–water partition coefficient (Wildman–Crippen LogP) is -1.10. The van der Waals surface area contributed by atoms with Crippen molar-refractivity contribution < 1.29 is 29.4 Å². The van der Waals surface area contributed by atoms with E-state index in [0.717, 1.165) is 5.56 Å². The first-order chi connectivity index (χ1) is 16.2. The van der Waals surface area contributed by atoms with E-state index in [-0.39, 0.29) is 25.1 Å². The lowest BCUT2D eigenvalue weighted by molar-refractivity contribution is -0.144. The van der Waals surface area contributed by atoms with Crippen molar-refractivity contribution in [2.45, 2.75) is 43.8 Å². The van der Waals surface area contributed by atoms with E-state index >= 15 is 0 Å². The summed E-state index contributed by atoms with van der Waals surface area (Å²) in [5.74, 6) is -2.63. The van der Waals surface area contributed by atoms with Crippen LogP contribution in [-0.2, 0) is 32.0 Å². The Morgan fingerprint density at radius 3 is 2.59 bits per heavy atom. The smallest absolute Gasteiger partial charge is 0.326 e. The van der Waals surface area contributed by atoms with Gasteiger partial charge in [0.15, 0.2) is 0 Å². The summed E-state index contributed by atoms with van der Waals surface area (Å²) in [5.41, 5.74) is 7.22. The number of aromatic hydroxyl groups is 1. The molecule has 12 nitrogen and oxygen atoms in total. The van der Waals surface area contributed by atoms with Crippen LogP contribution in [0.4, 0.5) is 0 Å². The second-order valence-corrected chi connectivity index (χ2v) is 8.12. The molecule has 0 spiro atoms. The van der Waals surface area contributed by atoms with Gasteiger partial charge >= 0.3 is 5.97 Å².